The Morgan fingerprint density at radius 1 is 1.33 bits per heavy atom. The third kappa shape index (κ3) is 1.99. The minimum absolute atomic E-state index is 0.0222. The molecule has 2 rings (SSSR count). The summed E-state index contributed by atoms with van der Waals surface area (Å²) in [6.07, 6.45) is 3.51. The van der Waals surface area contributed by atoms with Crippen LogP contribution in [0.1, 0.15) is 11.5 Å². The predicted octanol–water partition coefficient (Wildman–Crippen LogP) is 0.0305. The van der Waals surface area contributed by atoms with Crippen LogP contribution in [-0.2, 0) is 6.42 Å². The van der Waals surface area contributed by atoms with Crippen LogP contribution in [-0.4, -0.2) is 19.9 Å². The number of nitrogens with one attached hydrogen (secondary N) is 3. The maximum atomic E-state index is 11.2. The normalized spacial score (nSPS) is 10.5. The Bertz CT molecular complexity index is 569. The summed E-state index contributed by atoms with van der Waals surface area (Å²) in [5, 5.41) is -0.0222. The maximum absolute atomic E-state index is 11.2. The van der Waals surface area contributed by atoms with Gasteiger partial charge >= 0.3 is 5.69 Å². The van der Waals surface area contributed by atoms with Gasteiger partial charge in [-0.3, -0.25) is 9.78 Å². The van der Waals surface area contributed by atoms with Crippen molar-refractivity contribution in [3.05, 3.63) is 49.8 Å². The van der Waals surface area contributed by atoms with E-state index in [0.29, 0.717) is 11.5 Å². The van der Waals surface area contributed by atoms with Crippen LogP contribution >= 0.6 is 11.6 Å². The summed E-state index contributed by atoms with van der Waals surface area (Å²) in [5.74, 6) is 0.623. The van der Waals surface area contributed by atoms with Crippen molar-refractivity contribution in [3.8, 4) is 0 Å². The van der Waals surface area contributed by atoms with E-state index < -0.39 is 11.2 Å². The number of imidazole rings is 1. The van der Waals surface area contributed by atoms with Crippen LogP contribution in [0.2, 0.25) is 5.02 Å². The Hall–Kier alpha value is -1.82. The topological polar surface area (TPSA) is 94.4 Å². The summed E-state index contributed by atoms with van der Waals surface area (Å²) in [7, 11) is 0. The second-order valence-corrected chi connectivity index (χ2v) is 3.29. The van der Waals surface area contributed by atoms with Gasteiger partial charge in [0.15, 0.2) is 0 Å². The average Bonchev–Trinajstić information content (AvgIpc) is 2.66. The van der Waals surface area contributed by atoms with Gasteiger partial charge in [0.1, 0.15) is 10.8 Å². The van der Waals surface area contributed by atoms with Crippen molar-refractivity contribution in [2.75, 3.05) is 0 Å². The lowest BCUT2D eigenvalue weighted by atomic mass is 10.3. The van der Waals surface area contributed by atoms with Crippen LogP contribution in [0.5, 0.6) is 0 Å². The Balaban J connectivity index is 2.45. The number of hydrogen-bond donors (Lipinski definition) is 3. The lowest BCUT2D eigenvalue weighted by Crippen LogP contribution is -2.24. The summed E-state index contributed by atoms with van der Waals surface area (Å²) >= 11 is 5.73. The van der Waals surface area contributed by atoms with E-state index >= 15 is 0 Å². The van der Waals surface area contributed by atoms with Crippen molar-refractivity contribution in [1.29, 1.82) is 0 Å². The molecule has 0 atom stereocenters. The largest absolute Gasteiger partial charge is 0.348 e. The molecule has 0 amide bonds. The number of nitrogens with zero attached hydrogens (tertiary/aromatic N) is 1. The van der Waals surface area contributed by atoms with E-state index in [9.17, 15) is 9.59 Å². The van der Waals surface area contributed by atoms with E-state index in [-0.39, 0.29) is 11.4 Å². The van der Waals surface area contributed by atoms with Crippen LogP contribution < -0.4 is 11.2 Å². The molecule has 6 nitrogen and oxygen atoms in total. The van der Waals surface area contributed by atoms with Crippen LogP contribution in [0, 0.1) is 0 Å². The lowest BCUT2D eigenvalue weighted by molar-refractivity contribution is 0.917. The number of aromatic amines is 3. The first-order chi connectivity index (χ1) is 7.16. The standard InChI is InChI=1S/C8H7ClN4O2/c9-6-4(3-5-10-1-2-11-5)12-8(15)13-7(6)14/h1-2H,3H2,(H,10,11)(H2,12,13,14,15). The highest BCUT2D eigenvalue weighted by Gasteiger charge is 2.08. The second-order valence-electron chi connectivity index (χ2n) is 2.91. The third-order valence-electron chi connectivity index (χ3n) is 1.85. The average molecular weight is 227 g/mol. The Morgan fingerprint density at radius 2 is 2.13 bits per heavy atom. The molecule has 3 N–H and O–H groups in total. The fourth-order valence-corrected chi connectivity index (χ4v) is 1.36. The highest BCUT2D eigenvalue weighted by atomic mass is 35.5. The van der Waals surface area contributed by atoms with Gasteiger partial charge in [-0.1, -0.05) is 11.6 Å². The summed E-state index contributed by atoms with van der Waals surface area (Å²) < 4.78 is 0. The SMILES string of the molecule is O=c1[nH]c(Cc2ncc[nH]2)c(Cl)c(=O)[nH]1. The number of aromatic nitrogens is 4. The van der Waals surface area contributed by atoms with Crippen molar-refractivity contribution in [3.63, 3.8) is 0 Å². The highest BCUT2D eigenvalue weighted by molar-refractivity contribution is 6.31. The molecule has 78 valence electrons. The molecular weight excluding hydrogens is 220 g/mol. The van der Waals surface area contributed by atoms with Crippen molar-refractivity contribution in [2.45, 2.75) is 6.42 Å². The zero-order valence-corrected chi connectivity index (χ0v) is 8.26. The number of hydrogen-bond acceptors (Lipinski definition) is 3. The van der Waals surface area contributed by atoms with E-state index in [2.05, 4.69) is 15.0 Å². The molecule has 7 heteroatoms. The molecule has 0 bridgehead atoms. The summed E-state index contributed by atoms with van der Waals surface area (Å²) in [6.45, 7) is 0. The van der Waals surface area contributed by atoms with Gasteiger partial charge in [-0.25, -0.2) is 9.78 Å². The molecular formula is C8H7ClN4O2. The van der Waals surface area contributed by atoms with E-state index in [0.717, 1.165) is 0 Å². The monoisotopic (exact) mass is 226 g/mol. The van der Waals surface area contributed by atoms with Gasteiger partial charge in [-0.2, -0.15) is 0 Å². The van der Waals surface area contributed by atoms with Crippen molar-refractivity contribution >= 4 is 11.6 Å². The van der Waals surface area contributed by atoms with E-state index in [4.69, 9.17) is 11.6 Å². The van der Waals surface area contributed by atoms with E-state index in [1.54, 1.807) is 12.4 Å². The number of rotatable bonds is 2. The van der Waals surface area contributed by atoms with Gasteiger partial charge < -0.3 is 9.97 Å². The first-order valence-electron chi connectivity index (χ1n) is 4.16. The Morgan fingerprint density at radius 3 is 2.80 bits per heavy atom. The molecule has 0 unspecified atom stereocenters. The fraction of sp³-hybridized carbons (Fsp3) is 0.125. The molecule has 0 saturated heterocycles. The zero-order chi connectivity index (χ0) is 10.8. The van der Waals surface area contributed by atoms with E-state index in [1.807, 2.05) is 4.98 Å². The van der Waals surface area contributed by atoms with Gasteiger partial charge in [-0.05, 0) is 0 Å². The third-order valence-corrected chi connectivity index (χ3v) is 2.25. The van der Waals surface area contributed by atoms with Crippen LogP contribution in [0.3, 0.4) is 0 Å². The fourth-order valence-electron chi connectivity index (χ4n) is 1.20. The highest BCUT2D eigenvalue weighted by Crippen LogP contribution is 2.08. The molecule has 0 fully saturated rings. The van der Waals surface area contributed by atoms with E-state index in [1.165, 1.54) is 0 Å². The zero-order valence-electron chi connectivity index (χ0n) is 7.50. The summed E-state index contributed by atoms with van der Waals surface area (Å²) in [4.78, 5) is 33.4. The van der Waals surface area contributed by atoms with Gasteiger partial charge in [-0.15, -0.1) is 0 Å². The first-order valence-corrected chi connectivity index (χ1v) is 4.54. The minimum atomic E-state index is -0.595. The molecule has 0 aliphatic carbocycles. The van der Waals surface area contributed by atoms with Crippen molar-refractivity contribution in [1.82, 2.24) is 19.9 Å². The number of H-pyrrole nitrogens is 3. The van der Waals surface area contributed by atoms with Gasteiger partial charge in [0.05, 0.1) is 5.69 Å². The molecule has 0 saturated carbocycles. The molecule has 2 aromatic heterocycles. The molecule has 0 radical (unpaired) electrons. The Labute approximate surface area is 88.3 Å². The Kier molecular flexibility index (Phi) is 2.42. The molecule has 0 aliphatic rings. The quantitative estimate of drug-likeness (QED) is 0.674. The molecule has 0 aromatic carbocycles. The lowest BCUT2D eigenvalue weighted by Gasteiger charge is -1.99. The van der Waals surface area contributed by atoms with Crippen molar-refractivity contribution in [2.24, 2.45) is 0 Å². The molecule has 15 heavy (non-hydrogen) atoms. The van der Waals surface area contributed by atoms with Crippen LogP contribution in [0.4, 0.5) is 0 Å². The smallest absolute Gasteiger partial charge is 0.325 e. The first kappa shape index (κ1) is 9.72. The summed E-state index contributed by atoms with van der Waals surface area (Å²) in [6, 6.07) is 0. The van der Waals surface area contributed by atoms with Crippen LogP contribution in [0.15, 0.2) is 22.0 Å². The molecule has 0 spiro atoms. The molecule has 2 heterocycles. The van der Waals surface area contributed by atoms with Crippen molar-refractivity contribution < 1.29 is 0 Å². The molecule has 0 aliphatic heterocycles. The number of halogens is 1. The predicted molar refractivity (Wildman–Crippen MR) is 54.1 cm³/mol. The maximum Gasteiger partial charge on any atom is 0.325 e. The second kappa shape index (κ2) is 3.74. The van der Waals surface area contributed by atoms with Gasteiger partial charge in [0, 0.05) is 18.8 Å². The van der Waals surface area contributed by atoms with Crippen LogP contribution in [0.25, 0.3) is 0 Å². The minimum Gasteiger partial charge on any atom is -0.348 e. The summed E-state index contributed by atoms with van der Waals surface area (Å²) in [5.41, 5.74) is -0.826. The molecule has 2 aromatic rings. The van der Waals surface area contributed by atoms with Gasteiger partial charge in [0.25, 0.3) is 5.56 Å². The van der Waals surface area contributed by atoms with Gasteiger partial charge in [0.2, 0.25) is 0 Å².